The van der Waals surface area contributed by atoms with E-state index >= 15 is 0 Å². The molecule has 88 valence electrons. The van der Waals surface area contributed by atoms with Gasteiger partial charge in [0.15, 0.2) is 0 Å². The van der Waals surface area contributed by atoms with Gasteiger partial charge in [-0.05, 0) is 32.6 Å². The quantitative estimate of drug-likeness (QED) is 0.739. The zero-order chi connectivity index (χ0) is 11.8. The van der Waals surface area contributed by atoms with Crippen LogP contribution in [0.4, 0.5) is 0 Å². The molecule has 0 rings (SSSR count). The first-order valence-electron chi connectivity index (χ1n) is 5.65. The fraction of sp³-hybridized carbons (Fsp3) is 1.00. The van der Waals surface area contributed by atoms with Crippen LogP contribution in [0.1, 0.15) is 60.8 Å². The smallest absolute Gasteiger partial charge is 0.0591 e. The molecule has 0 aliphatic carbocycles. The van der Waals surface area contributed by atoms with Crippen molar-refractivity contribution < 1.29 is 10.2 Å². The van der Waals surface area contributed by atoms with E-state index in [1.54, 1.807) is 0 Å². The van der Waals surface area contributed by atoms with Crippen molar-refractivity contribution in [2.24, 2.45) is 5.92 Å². The zero-order valence-electron chi connectivity index (χ0n) is 10.7. The molecule has 0 aromatic rings. The molecule has 0 aliphatic rings. The second kappa shape index (κ2) is 8.25. The molecule has 0 spiro atoms. The van der Waals surface area contributed by atoms with E-state index in [0.717, 1.165) is 19.3 Å². The van der Waals surface area contributed by atoms with Gasteiger partial charge >= 0.3 is 0 Å². The molecule has 0 aliphatic heterocycles. The van der Waals surface area contributed by atoms with Gasteiger partial charge < -0.3 is 10.2 Å². The summed E-state index contributed by atoms with van der Waals surface area (Å²) in [6, 6.07) is 0. The minimum absolute atomic E-state index is 0.0972. The fourth-order valence-electron chi connectivity index (χ4n) is 1.08. The minimum Gasteiger partial charge on any atom is -0.393 e. The molecule has 0 aromatic carbocycles. The topological polar surface area (TPSA) is 40.5 Å². The summed E-state index contributed by atoms with van der Waals surface area (Å²) in [5.74, 6) is 0.421. The highest BCUT2D eigenvalue weighted by Crippen LogP contribution is 2.08. The van der Waals surface area contributed by atoms with Crippen molar-refractivity contribution in [2.45, 2.75) is 72.5 Å². The van der Waals surface area contributed by atoms with Crippen LogP contribution in [0.15, 0.2) is 0 Å². The van der Waals surface area contributed by atoms with Crippen LogP contribution in [0.3, 0.4) is 0 Å². The molecule has 0 saturated heterocycles. The third kappa shape index (κ3) is 14.4. The number of aliphatic hydroxyl groups excluding tert-OH is 1. The Morgan fingerprint density at radius 1 is 1.14 bits per heavy atom. The maximum Gasteiger partial charge on any atom is 0.0591 e. The standard InChI is InChI=1S/2C6H14O/c1-4-5-6(2,3)7;1-4-6(7)5(2)3/h7H,4-5H2,1-3H3;5-7H,4H2,1-3H3. The van der Waals surface area contributed by atoms with Crippen LogP contribution < -0.4 is 0 Å². The van der Waals surface area contributed by atoms with Gasteiger partial charge in [0.1, 0.15) is 0 Å². The van der Waals surface area contributed by atoms with Crippen molar-refractivity contribution in [1.29, 1.82) is 0 Å². The molecular formula is C12H28O2. The monoisotopic (exact) mass is 204 g/mol. The second-order valence-electron chi connectivity index (χ2n) is 4.78. The van der Waals surface area contributed by atoms with Crippen LogP contribution in [-0.4, -0.2) is 21.9 Å². The van der Waals surface area contributed by atoms with Gasteiger partial charge in [-0.3, -0.25) is 0 Å². The molecule has 0 fully saturated rings. The molecule has 0 radical (unpaired) electrons. The lowest BCUT2D eigenvalue weighted by Crippen LogP contribution is -2.16. The molecule has 2 heteroatoms. The van der Waals surface area contributed by atoms with E-state index in [1.807, 2.05) is 34.6 Å². The van der Waals surface area contributed by atoms with E-state index in [2.05, 4.69) is 6.92 Å². The molecule has 0 saturated carbocycles. The summed E-state index contributed by atoms with van der Waals surface area (Å²) in [5.41, 5.74) is -0.450. The third-order valence-corrected chi connectivity index (χ3v) is 2.05. The minimum atomic E-state index is -0.450. The van der Waals surface area contributed by atoms with Crippen LogP contribution in [0.5, 0.6) is 0 Å². The van der Waals surface area contributed by atoms with E-state index in [1.165, 1.54) is 0 Å². The molecule has 0 bridgehead atoms. The van der Waals surface area contributed by atoms with Crippen molar-refractivity contribution in [1.82, 2.24) is 0 Å². The molecule has 0 aromatic heterocycles. The third-order valence-electron chi connectivity index (χ3n) is 2.05. The largest absolute Gasteiger partial charge is 0.393 e. The molecule has 1 atom stereocenters. The average Bonchev–Trinajstić information content (AvgIpc) is 2.01. The highest BCUT2D eigenvalue weighted by atomic mass is 16.3. The Hall–Kier alpha value is -0.0800. The van der Waals surface area contributed by atoms with Gasteiger partial charge in [-0.1, -0.05) is 34.1 Å². The zero-order valence-corrected chi connectivity index (χ0v) is 10.7. The Labute approximate surface area is 89.3 Å². The summed E-state index contributed by atoms with van der Waals surface area (Å²) in [5, 5.41) is 18.0. The lowest BCUT2D eigenvalue weighted by molar-refractivity contribution is 0.0703. The Balaban J connectivity index is 0. The van der Waals surface area contributed by atoms with Crippen LogP contribution >= 0.6 is 0 Å². The summed E-state index contributed by atoms with van der Waals surface area (Å²) in [7, 11) is 0. The predicted octanol–water partition coefficient (Wildman–Crippen LogP) is 2.97. The summed E-state index contributed by atoms with van der Waals surface area (Å²) in [4.78, 5) is 0. The van der Waals surface area contributed by atoms with Gasteiger partial charge in [-0.15, -0.1) is 0 Å². The Morgan fingerprint density at radius 2 is 1.57 bits per heavy atom. The van der Waals surface area contributed by atoms with Crippen LogP contribution in [-0.2, 0) is 0 Å². The van der Waals surface area contributed by atoms with Gasteiger partial charge in [0, 0.05) is 0 Å². The van der Waals surface area contributed by atoms with Crippen molar-refractivity contribution in [3.8, 4) is 0 Å². The lowest BCUT2D eigenvalue weighted by atomic mass is 10.0. The van der Waals surface area contributed by atoms with Crippen molar-refractivity contribution >= 4 is 0 Å². The number of hydrogen-bond acceptors (Lipinski definition) is 2. The van der Waals surface area contributed by atoms with E-state index in [4.69, 9.17) is 10.2 Å². The van der Waals surface area contributed by atoms with Gasteiger partial charge in [0.05, 0.1) is 11.7 Å². The molecule has 14 heavy (non-hydrogen) atoms. The number of rotatable bonds is 4. The predicted molar refractivity (Wildman–Crippen MR) is 62.3 cm³/mol. The number of aliphatic hydroxyl groups is 2. The molecule has 0 amide bonds. The molecule has 1 unspecified atom stereocenters. The van der Waals surface area contributed by atoms with Gasteiger partial charge in [-0.25, -0.2) is 0 Å². The molecular weight excluding hydrogens is 176 g/mol. The summed E-state index contributed by atoms with van der Waals surface area (Å²) in [6.45, 7) is 11.8. The second-order valence-corrected chi connectivity index (χ2v) is 4.78. The van der Waals surface area contributed by atoms with Crippen LogP contribution in [0.25, 0.3) is 0 Å². The van der Waals surface area contributed by atoms with Crippen LogP contribution in [0.2, 0.25) is 0 Å². The van der Waals surface area contributed by atoms with Crippen LogP contribution in [0, 0.1) is 5.92 Å². The number of hydrogen-bond donors (Lipinski definition) is 2. The SMILES string of the molecule is CCC(O)C(C)C.CCCC(C)(C)O. The lowest BCUT2D eigenvalue weighted by Gasteiger charge is -2.14. The normalized spacial score (nSPS) is 13.5. The van der Waals surface area contributed by atoms with Crippen molar-refractivity contribution in [3.63, 3.8) is 0 Å². The van der Waals surface area contributed by atoms with Gasteiger partial charge in [-0.2, -0.15) is 0 Å². The maximum absolute atomic E-state index is 9.02. The Morgan fingerprint density at radius 3 is 1.57 bits per heavy atom. The van der Waals surface area contributed by atoms with E-state index in [-0.39, 0.29) is 6.10 Å². The summed E-state index contributed by atoms with van der Waals surface area (Å²) >= 11 is 0. The summed E-state index contributed by atoms with van der Waals surface area (Å²) in [6.07, 6.45) is 2.73. The molecule has 2 nitrogen and oxygen atoms in total. The van der Waals surface area contributed by atoms with Crippen molar-refractivity contribution in [2.75, 3.05) is 0 Å². The molecule has 2 N–H and O–H groups in total. The van der Waals surface area contributed by atoms with E-state index < -0.39 is 5.60 Å². The van der Waals surface area contributed by atoms with E-state index in [0.29, 0.717) is 5.92 Å². The summed E-state index contributed by atoms with van der Waals surface area (Å²) < 4.78 is 0. The first kappa shape index (κ1) is 16.4. The van der Waals surface area contributed by atoms with Crippen molar-refractivity contribution in [3.05, 3.63) is 0 Å². The maximum atomic E-state index is 9.02. The Kier molecular flexibility index (Phi) is 9.63. The van der Waals surface area contributed by atoms with Gasteiger partial charge in [0.2, 0.25) is 0 Å². The van der Waals surface area contributed by atoms with E-state index in [9.17, 15) is 0 Å². The highest BCUT2D eigenvalue weighted by Gasteiger charge is 2.08. The first-order valence-corrected chi connectivity index (χ1v) is 5.65. The van der Waals surface area contributed by atoms with Gasteiger partial charge in [0.25, 0.3) is 0 Å². The fourth-order valence-corrected chi connectivity index (χ4v) is 1.08. The average molecular weight is 204 g/mol. The molecule has 0 heterocycles. The first-order chi connectivity index (χ1) is 6.24. The highest BCUT2D eigenvalue weighted by molar-refractivity contribution is 4.61. The Bertz CT molecular complexity index is 114.